The van der Waals surface area contributed by atoms with E-state index in [-0.39, 0.29) is 17.9 Å². The zero-order chi connectivity index (χ0) is 17.8. The van der Waals surface area contributed by atoms with Crippen LogP contribution in [0.15, 0.2) is 22.7 Å². The second-order valence-corrected chi connectivity index (χ2v) is 7.43. The summed E-state index contributed by atoms with van der Waals surface area (Å²) in [6, 6.07) is 5.48. The molecule has 0 saturated carbocycles. The average molecular weight is 382 g/mol. The third-order valence-corrected chi connectivity index (χ3v) is 5.57. The molecule has 0 radical (unpaired) electrons. The van der Waals surface area contributed by atoms with Gasteiger partial charge in [0.25, 0.3) is 5.91 Å². The zero-order valence-corrected chi connectivity index (χ0v) is 15.5. The highest BCUT2D eigenvalue weighted by atomic mass is 35.5. The topological polar surface area (TPSA) is 75.4 Å². The van der Waals surface area contributed by atoms with Gasteiger partial charge in [-0.15, -0.1) is 11.3 Å². The molecule has 3 heterocycles. The Balaban J connectivity index is 1.63. The molecule has 1 aliphatic rings. The van der Waals surface area contributed by atoms with Gasteiger partial charge in [-0.2, -0.15) is 0 Å². The highest BCUT2D eigenvalue weighted by Crippen LogP contribution is 2.36. The highest BCUT2D eigenvalue weighted by Gasteiger charge is 2.31. The first kappa shape index (κ1) is 17.9. The SMILES string of the molecule is CCNC(=O)c1ccc([C@@H]2CCCN2C(=O)CCc2cc(Cl)no2)s1. The zero-order valence-electron chi connectivity index (χ0n) is 14.0. The van der Waals surface area contributed by atoms with Gasteiger partial charge in [-0.3, -0.25) is 9.59 Å². The van der Waals surface area contributed by atoms with Gasteiger partial charge in [-0.25, -0.2) is 0 Å². The van der Waals surface area contributed by atoms with E-state index in [2.05, 4.69) is 10.5 Å². The van der Waals surface area contributed by atoms with Crippen molar-refractivity contribution >= 4 is 34.8 Å². The van der Waals surface area contributed by atoms with Crippen LogP contribution in [0, 0.1) is 0 Å². The van der Waals surface area contributed by atoms with E-state index in [0.29, 0.717) is 35.2 Å². The molecular weight excluding hydrogens is 362 g/mol. The molecule has 0 unspecified atom stereocenters. The van der Waals surface area contributed by atoms with Crippen molar-refractivity contribution in [2.75, 3.05) is 13.1 Å². The molecule has 2 aromatic rings. The van der Waals surface area contributed by atoms with Gasteiger partial charge in [0, 0.05) is 36.9 Å². The van der Waals surface area contributed by atoms with Crippen molar-refractivity contribution in [3.05, 3.63) is 38.9 Å². The molecule has 134 valence electrons. The van der Waals surface area contributed by atoms with Crippen molar-refractivity contribution < 1.29 is 14.1 Å². The van der Waals surface area contributed by atoms with E-state index in [0.717, 1.165) is 24.3 Å². The lowest BCUT2D eigenvalue weighted by Gasteiger charge is -2.23. The van der Waals surface area contributed by atoms with Gasteiger partial charge in [-0.1, -0.05) is 16.8 Å². The predicted molar refractivity (Wildman–Crippen MR) is 95.8 cm³/mol. The molecule has 1 fully saturated rings. The number of nitrogens with one attached hydrogen (secondary N) is 1. The van der Waals surface area contributed by atoms with E-state index in [1.165, 1.54) is 11.3 Å². The summed E-state index contributed by atoms with van der Waals surface area (Å²) in [5.41, 5.74) is 0. The summed E-state index contributed by atoms with van der Waals surface area (Å²) in [4.78, 5) is 28.2. The lowest BCUT2D eigenvalue weighted by atomic mass is 10.1. The van der Waals surface area contributed by atoms with E-state index in [9.17, 15) is 9.59 Å². The molecule has 8 heteroatoms. The Morgan fingerprint density at radius 3 is 3.04 bits per heavy atom. The number of likely N-dealkylation sites (tertiary alicyclic amines) is 1. The van der Waals surface area contributed by atoms with Gasteiger partial charge in [0.05, 0.1) is 10.9 Å². The van der Waals surface area contributed by atoms with Crippen LogP contribution in [0.25, 0.3) is 0 Å². The van der Waals surface area contributed by atoms with Crippen molar-refractivity contribution in [2.45, 2.75) is 38.6 Å². The number of nitrogens with zero attached hydrogens (tertiary/aromatic N) is 2. The van der Waals surface area contributed by atoms with Crippen LogP contribution in [-0.2, 0) is 11.2 Å². The molecule has 1 N–H and O–H groups in total. The van der Waals surface area contributed by atoms with Crippen molar-refractivity contribution in [3.8, 4) is 0 Å². The second-order valence-electron chi connectivity index (χ2n) is 5.92. The van der Waals surface area contributed by atoms with Crippen molar-refractivity contribution in [2.24, 2.45) is 0 Å². The number of hydrogen-bond donors (Lipinski definition) is 1. The van der Waals surface area contributed by atoms with E-state index in [4.69, 9.17) is 16.1 Å². The summed E-state index contributed by atoms with van der Waals surface area (Å²) in [5, 5.41) is 6.73. The number of hydrogen-bond acceptors (Lipinski definition) is 5. The van der Waals surface area contributed by atoms with E-state index >= 15 is 0 Å². The molecule has 1 aliphatic heterocycles. The van der Waals surface area contributed by atoms with Crippen LogP contribution in [0.1, 0.15) is 52.5 Å². The van der Waals surface area contributed by atoms with Crippen molar-refractivity contribution in [1.82, 2.24) is 15.4 Å². The van der Waals surface area contributed by atoms with E-state index < -0.39 is 0 Å². The van der Waals surface area contributed by atoms with Gasteiger partial charge in [0.1, 0.15) is 5.76 Å². The molecule has 3 rings (SSSR count). The lowest BCUT2D eigenvalue weighted by Crippen LogP contribution is -2.30. The van der Waals surface area contributed by atoms with Crippen molar-refractivity contribution in [1.29, 1.82) is 0 Å². The third kappa shape index (κ3) is 4.22. The van der Waals surface area contributed by atoms with Crippen LogP contribution in [0.2, 0.25) is 5.15 Å². The van der Waals surface area contributed by atoms with Gasteiger partial charge in [0.2, 0.25) is 5.91 Å². The van der Waals surface area contributed by atoms with Crippen LogP contribution in [-0.4, -0.2) is 35.0 Å². The van der Waals surface area contributed by atoms with Gasteiger partial charge >= 0.3 is 0 Å². The number of rotatable bonds is 6. The fourth-order valence-corrected chi connectivity index (χ4v) is 4.27. The Bertz CT molecular complexity index is 758. The minimum atomic E-state index is -0.0585. The maximum atomic E-state index is 12.6. The number of thiophene rings is 1. The molecule has 0 bridgehead atoms. The smallest absolute Gasteiger partial charge is 0.261 e. The number of aryl methyl sites for hydroxylation is 1. The Kier molecular flexibility index (Phi) is 5.75. The molecule has 6 nitrogen and oxygen atoms in total. The molecule has 0 aromatic carbocycles. The van der Waals surface area contributed by atoms with Crippen LogP contribution < -0.4 is 5.32 Å². The highest BCUT2D eigenvalue weighted by molar-refractivity contribution is 7.14. The normalized spacial score (nSPS) is 17.0. The quantitative estimate of drug-likeness (QED) is 0.831. The number of amides is 2. The number of halogens is 1. The van der Waals surface area contributed by atoms with Crippen molar-refractivity contribution in [3.63, 3.8) is 0 Å². The second kappa shape index (κ2) is 8.01. The first-order valence-electron chi connectivity index (χ1n) is 8.37. The molecule has 2 aromatic heterocycles. The number of carbonyl (C=O) groups is 2. The largest absolute Gasteiger partial charge is 0.360 e. The minimum Gasteiger partial charge on any atom is -0.360 e. The number of aromatic nitrogens is 1. The fraction of sp³-hybridized carbons (Fsp3) is 0.471. The van der Waals surface area contributed by atoms with Crippen LogP contribution in [0.3, 0.4) is 0 Å². The monoisotopic (exact) mass is 381 g/mol. The molecule has 0 aliphatic carbocycles. The molecular formula is C17H20ClN3O3S. The lowest BCUT2D eigenvalue weighted by molar-refractivity contribution is -0.132. The molecule has 2 amide bonds. The summed E-state index contributed by atoms with van der Waals surface area (Å²) >= 11 is 7.19. The van der Waals surface area contributed by atoms with Crippen LogP contribution >= 0.6 is 22.9 Å². The summed E-state index contributed by atoms with van der Waals surface area (Å²) in [6.07, 6.45) is 2.74. The first-order chi connectivity index (χ1) is 12.1. The summed E-state index contributed by atoms with van der Waals surface area (Å²) in [6.45, 7) is 3.24. The summed E-state index contributed by atoms with van der Waals surface area (Å²) in [7, 11) is 0. The van der Waals surface area contributed by atoms with Crippen LogP contribution in [0.5, 0.6) is 0 Å². The van der Waals surface area contributed by atoms with Crippen LogP contribution in [0.4, 0.5) is 0 Å². The number of carbonyl (C=O) groups excluding carboxylic acids is 2. The van der Waals surface area contributed by atoms with E-state index in [1.54, 1.807) is 6.07 Å². The summed E-state index contributed by atoms with van der Waals surface area (Å²) < 4.78 is 5.05. The Labute approximate surface area is 155 Å². The predicted octanol–water partition coefficient (Wildman–Crippen LogP) is 3.44. The minimum absolute atomic E-state index is 0.0546. The molecule has 1 atom stereocenters. The standard InChI is InChI=1S/C17H20ClN3O3S/c1-2-19-17(23)14-7-6-13(25-14)12-4-3-9-21(12)16(22)8-5-11-10-15(18)20-24-11/h6-7,10,12H,2-5,8-9H2,1H3,(H,19,23)/t12-/m0/s1. The van der Waals surface area contributed by atoms with E-state index in [1.807, 2.05) is 24.0 Å². The molecule has 0 spiro atoms. The van der Waals surface area contributed by atoms with Gasteiger partial charge in [0.15, 0.2) is 5.15 Å². The summed E-state index contributed by atoms with van der Waals surface area (Å²) in [5.74, 6) is 0.642. The van der Waals surface area contributed by atoms with Gasteiger partial charge < -0.3 is 14.7 Å². The Morgan fingerprint density at radius 1 is 1.48 bits per heavy atom. The maximum absolute atomic E-state index is 12.6. The molecule has 25 heavy (non-hydrogen) atoms. The Morgan fingerprint density at radius 2 is 2.32 bits per heavy atom. The Hall–Kier alpha value is -1.86. The fourth-order valence-electron chi connectivity index (χ4n) is 3.04. The molecule has 1 saturated heterocycles. The first-order valence-corrected chi connectivity index (χ1v) is 9.56. The maximum Gasteiger partial charge on any atom is 0.261 e. The van der Waals surface area contributed by atoms with Gasteiger partial charge in [-0.05, 0) is 31.9 Å². The average Bonchev–Trinajstić information content (AvgIpc) is 3.32. The third-order valence-electron chi connectivity index (χ3n) is 4.20.